The molecule has 1 saturated heterocycles. The summed E-state index contributed by atoms with van der Waals surface area (Å²) >= 11 is 0. The Morgan fingerprint density at radius 2 is 1.10 bits per heavy atom. The number of aliphatic hydroxyl groups excluding tert-OH is 3. The second-order valence-corrected chi connectivity index (χ2v) is 9.70. The number of rotatable bonds is 19. The van der Waals surface area contributed by atoms with Crippen molar-refractivity contribution in [1.29, 1.82) is 0 Å². The van der Waals surface area contributed by atoms with E-state index in [0.717, 1.165) is 12.8 Å². The summed E-state index contributed by atoms with van der Waals surface area (Å²) in [6.45, 7) is 6.75. The van der Waals surface area contributed by atoms with Crippen LogP contribution in [0.3, 0.4) is 0 Å². The third-order valence-corrected chi connectivity index (χ3v) is 6.74. The predicted octanol–water partition coefficient (Wildman–Crippen LogP) is 5.73. The zero-order valence-electron chi connectivity index (χ0n) is 20.6. The summed E-state index contributed by atoms with van der Waals surface area (Å²) in [7, 11) is 0. The summed E-state index contributed by atoms with van der Waals surface area (Å²) in [6.07, 6.45) is 15.7. The normalized spacial score (nSPS) is 27.5. The zero-order valence-corrected chi connectivity index (χ0v) is 20.6. The van der Waals surface area contributed by atoms with E-state index in [2.05, 4.69) is 13.8 Å². The van der Waals surface area contributed by atoms with Gasteiger partial charge in [-0.2, -0.15) is 0 Å². The molecule has 0 spiro atoms. The Hall–Kier alpha value is -0.200. The summed E-state index contributed by atoms with van der Waals surface area (Å²) < 4.78 is 11.5. The molecule has 0 amide bonds. The van der Waals surface area contributed by atoms with Crippen molar-refractivity contribution in [2.24, 2.45) is 5.92 Å². The number of hydrogen-bond acceptors (Lipinski definition) is 5. The summed E-state index contributed by atoms with van der Waals surface area (Å²) in [6, 6.07) is 0. The molecule has 186 valence electrons. The van der Waals surface area contributed by atoms with E-state index in [1.165, 1.54) is 89.9 Å². The molecule has 0 aromatic carbocycles. The average Bonchev–Trinajstić information content (AvgIpc) is 2.77. The standard InChI is InChI=1S/C26H52O5/c1-4-6-8-10-12-13-15-17-19-22(18-16-14-11-9-7-5-2)20-30-26-25(29)24(28)23(27)21(3)31-26/h21-29H,4-20H2,1-3H3/t21-,22?,23+,24+,25-,26+/m1/s1. The van der Waals surface area contributed by atoms with Crippen LogP contribution < -0.4 is 0 Å². The highest BCUT2D eigenvalue weighted by atomic mass is 16.7. The van der Waals surface area contributed by atoms with E-state index < -0.39 is 30.7 Å². The van der Waals surface area contributed by atoms with Gasteiger partial charge in [0.1, 0.15) is 18.3 Å². The second-order valence-electron chi connectivity index (χ2n) is 9.70. The summed E-state index contributed by atoms with van der Waals surface area (Å²) in [5, 5.41) is 30.1. The summed E-state index contributed by atoms with van der Waals surface area (Å²) in [5.41, 5.74) is 0. The van der Waals surface area contributed by atoms with E-state index in [9.17, 15) is 15.3 Å². The Morgan fingerprint density at radius 3 is 1.58 bits per heavy atom. The maximum atomic E-state index is 10.2. The fourth-order valence-corrected chi connectivity index (χ4v) is 4.47. The first-order valence-electron chi connectivity index (χ1n) is 13.3. The maximum absolute atomic E-state index is 10.2. The minimum atomic E-state index is -1.22. The van der Waals surface area contributed by atoms with Crippen molar-refractivity contribution >= 4 is 0 Å². The predicted molar refractivity (Wildman–Crippen MR) is 127 cm³/mol. The van der Waals surface area contributed by atoms with Gasteiger partial charge in [-0.05, 0) is 25.7 Å². The molecule has 31 heavy (non-hydrogen) atoms. The van der Waals surface area contributed by atoms with E-state index >= 15 is 0 Å². The molecule has 1 aliphatic heterocycles. The average molecular weight is 445 g/mol. The molecule has 1 heterocycles. The summed E-state index contributed by atoms with van der Waals surface area (Å²) in [5.74, 6) is 0.460. The van der Waals surface area contributed by atoms with Crippen LogP contribution in [-0.4, -0.2) is 52.6 Å². The van der Waals surface area contributed by atoms with Gasteiger partial charge in [0, 0.05) is 0 Å². The van der Waals surface area contributed by atoms with Gasteiger partial charge < -0.3 is 24.8 Å². The number of ether oxygens (including phenoxy) is 2. The number of hydrogen-bond donors (Lipinski definition) is 3. The van der Waals surface area contributed by atoms with Crippen molar-refractivity contribution in [1.82, 2.24) is 0 Å². The monoisotopic (exact) mass is 444 g/mol. The van der Waals surface area contributed by atoms with Crippen LogP contribution in [0.15, 0.2) is 0 Å². The van der Waals surface area contributed by atoms with Crippen molar-refractivity contribution in [3.63, 3.8) is 0 Å². The van der Waals surface area contributed by atoms with E-state index in [4.69, 9.17) is 9.47 Å². The molecule has 3 N–H and O–H groups in total. The van der Waals surface area contributed by atoms with Crippen molar-refractivity contribution in [2.75, 3.05) is 6.61 Å². The topological polar surface area (TPSA) is 79.2 Å². The van der Waals surface area contributed by atoms with Gasteiger partial charge in [-0.3, -0.25) is 0 Å². The van der Waals surface area contributed by atoms with Gasteiger partial charge in [-0.15, -0.1) is 0 Å². The Bertz CT molecular complexity index is 405. The molecule has 0 aliphatic carbocycles. The van der Waals surface area contributed by atoms with Crippen LogP contribution in [0.2, 0.25) is 0 Å². The van der Waals surface area contributed by atoms with E-state index in [1.54, 1.807) is 6.92 Å². The van der Waals surface area contributed by atoms with Gasteiger partial charge in [0.25, 0.3) is 0 Å². The minimum absolute atomic E-state index is 0.460. The van der Waals surface area contributed by atoms with Crippen molar-refractivity contribution in [3.8, 4) is 0 Å². The lowest BCUT2D eigenvalue weighted by molar-refractivity contribution is -0.295. The van der Waals surface area contributed by atoms with Crippen LogP contribution in [0.4, 0.5) is 0 Å². The molecule has 0 saturated carbocycles. The molecular formula is C26H52O5. The fourth-order valence-electron chi connectivity index (χ4n) is 4.47. The van der Waals surface area contributed by atoms with Gasteiger partial charge in [0.2, 0.25) is 0 Å². The molecule has 6 atom stereocenters. The molecule has 0 aromatic heterocycles. The van der Waals surface area contributed by atoms with Crippen LogP contribution >= 0.6 is 0 Å². The Balaban J connectivity index is 2.35. The fraction of sp³-hybridized carbons (Fsp3) is 1.00. The van der Waals surface area contributed by atoms with Crippen LogP contribution in [0.1, 0.15) is 124 Å². The molecule has 1 fully saturated rings. The van der Waals surface area contributed by atoms with E-state index in [-0.39, 0.29) is 0 Å². The molecule has 1 unspecified atom stereocenters. The minimum Gasteiger partial charge on any atom is -0.388 e. The van der Waals surface area contributed by atoms with Crippen LogP contribution in [0, 0.1) is 5.92 Å². The Morgan fingerprint density at radius 1 is 0.645 bits per heavy atom. The molecule has 5 heteroatoms. The van der Waals surface area contributed by atoms with E-state index in [0.29, 0.717) is 12.5 Å². The molecule has 0 radical (unpaired) electrons. The lowest BCUT2D eigenvalue weighted by Gasteiger charge is -2.39. The first-order valence-corrected chi connectivity index (χ1v) is 13.3. The molecule has 1 aliphatic rings. The number of aliphatic hydroxyl groups is 3. The van der Waals surface area contributed by atoms with Crippen LogP contribution in [0.25, 0.3) is 0 Å². The molecule has 5 nitrogen and oxygen atoms in total. The second kappa shape index (κ2) is 18.3. The molecule has 1 rings (SSSR count). The summed E-state index contributed by atoms with van der Waals surface area (Å²) in [4.78, 5) is 0. The van der Waals surface area contributed by atoms with E-state index in [1.807, 2.05) is 0 Å². The first kappa shape index (κ1) is 28.8. The highest BCUT2D eigenvalue weighted by Crippen LogP contribution is 2.25. The van der Waals surface area contributed by atoms with Gasteiger partial charge in [-0.25, -0.2) is 0 Å². The quantitative estimate of drug-likeness (QED) is 0.222. The zero-order chi connectivity index (χ0) is 22.9. The van der Waals surface area contributed by atoms with Gasteiger partial charge >= 0.3 is 0 Å². The molecule has 0 bridgehead atoms. The lowest BCUT2D eigenvalue weighted by Crippen LogP contribution is -2.57. The smallest absolute Gasteiger partial charge is 0.186 e. The SMILES string of the molecule is CCCCCCCCCCC(CCCCCCCC)CO[C@H]1O[C@H](C)[C@H](O)[C@H](O)[C@H]1O. The van der Waals surface area contributed by atoms with Crippen molar-refractivity contribution in [2.45, 2.75) is 154 Å². The largest absolute Gasteiger partial charge is 0.388 e. The lowest BCUT2D eigenvalue weighted by atomic mass is 9.94. The van der Waals surface area contributed by atoms with Gasteiger partial charge in [0.15, 0.2) is 6.29 Å². The molecular weight excluding hydrogens is 392 g/mol. The maximum Gasteiger partial charge on any atom is 0.186 e. The number of unbranched alkanes of at least 4 members (excludes halogenated alkanes) is 12. The van der Waals surface area contributed by atoms with Crippen molar-refractivity contribution < 1.29 is 24.8 Å². The highest BCUT2D eigenvalue weighted by Gasteiger charge is 2.42. The highest BCUT2D eigenvalue weighted by molar-refractivity contribution is 4.87. The van der Waals surface area contributed by atoms with Gasteiger partial charge in [-0.1, -0.05) is 104 Å². The molecule has 0 aromatic rings. The Labute approximate surface area is 191 Å². The third-order valence-electron chi connectivity index (χ3n) is 6.74. The van der Waals surface area contributed by atoms with Crippen molar-refractivity contribution in [3.05, 3.63) is 0 Å². The Kier molecular flexibility index (Phi) is 17.0. The van der Waals surface area contributed by atoms with Crippen LogP contribution in [0.5, 0.6) is 0 Å². The van der Waals surface area contributed by atoms with Crippen LogP contribution in [-0.2, 0) is 9.47 Å². The third kappa shape index (κ3) is 12.6. The van der Waals surface area contributed by atoms with Gasteiger partial charge in [0.05, 0.1) is 12.7 Å². The first-order chi connectivity index (χ1) is 15.0.